The van der Waals surface area contributed by atoms with Crippen LogP contribution < -0.4 is 15.6 Å². The van der Waals surface area contributed by atoms with Gasteiger partial charge in [-0.1, -0.05) is 46.9 Å². The zero-order chi connectivity index (χ0) is 18.2. The molecule has 0 aliphatic rings. The molecule has 5 nitrogen and oxygen atoms in total. The van der Waals surface area contributed by atoms with Crippen LogP contribution in [0.3, 0.4) is 0 Å². The van der Waals surface area contributed by atoms with Crippen LogP contribution in [-0.4, -0.2) is 25.7 Å². The lowest BCUT2D eigenvalue weighted by Gasteiger charge is -2.14. The Hall–Kier alpha value is -1.66. The van der Waals surface area contributed by atoms with Crippen LogP contribution in [-0.2, 0) is 4.74 Å². The number of hydrazine groups is 1. The van der Waals surface area contributed by atoms with Gasteiger partial charge in [0.05, 0.1) is 27.9 Å². The fourth-order valence-corrected chi connectivity index (χ4v) is 2.89. The standard InChI is InChI=1S/C17H17Cl3N2O3/c1-2-24-7-8-25-15-6-4-3-5-12(15)17(23)22-21-16-13(19)9-11(18)10-14(16)20/h3-6,9-10,21H,2,7-8H2,1H3,(H,22,23). The summed E-state index contributed by atoms with van der Waals surface area (Å²) in [5.41, 5.74) is 5.98. The van der Waals surface area contributed by atoms with Crippen LogP contribution >= 0.6 is 34.8 Å². The first kappa shape index (κ1) is 19.7. The molecule has 0 radical (unpaired) electrons. The van der Waals surface area contributed by atoms with Crippen molar-refractivity contribution < 1.29 is 14.3 Å². The molecule has 2 aromatic carbocycles. The van der Waals surface area contributed by atoms with E-state index in [2.05, 4.69) is 10.9 Å². The highest BCUT2D eigenvalue weighted by Crippen LogP contribution is 2.33. The van der Waals surface area contributed by atoms with Gasteiger partial charge < -0.3 is 9.47 Å². The number of para-hydroxylation sites is 1. The molecule has 8 heteroatoms. The van der Waals surface area contributed by atoms with Gasteiger partial charge in [0, 0.05) is 11.6 Å². The van der Waals surface area contributed by atoms with E-state index in [9.17, 15) is 4.79 Å². The van der Waals surface area contributed by atoms with Crippen molar-refractivity contribution in [2.75, 3.05) is 25.2 Å². The third-order valence-corrected chi connectivity index (χ3v) is 3.94. The molecule has 0 atom stereocenters. The van der Waals surface area contributed by atoms with Crippen molar-refractivity contribution in [2.24, 2.45) is 0 Å². The number of halogens is 3. The zero-order valence-electron chi connectivity index (χ0n) is 13.4. The topological polar surface area (TPSA) is 59.6 Å². The van der Waals surface area contributed by atoms with Gasteiger partial charge in [-0.2, -0.15) is 0 Å². The first-order valence-corrected chi connectivity index (χ1v) is 8.66. The number of carbonyl (C=O) groups excluding carboxylic acids is 1. The van der Waals surface area contributed by atoms with Gasteiger partial charge in [-0.3, -0.25) is 15.6 Å². The molecule has 0 aromatic heterocycles. The number of hydrogen-bond acceptors (Lipinski definition) is 4. The summed E-state index contributed by atoms with van der Waals surface area (Å²) >= 11 is 18.0. The maximum atomic E-state index is 12.4. The molecule has 1 amide bonds. The molecule has 134 valence electrons. The van der Waals surface area contributed by atoms with Crippen LogP contribution in [0.15, 0.2) is 36.4 Å². The maximum absolute atomic E-state index is 12.4. The van der Waals surface area contributed by atoms with Crippen LogP contribution in [0.2, 0.25) is 15.1 Å². The zero-order valence-corrected chi connectivity index (χ0v) is 15.7. The fraction of sp³-hybridized carbons (Fsp3) is 0.235. The summed E-state index contributed by atoms with van der Waals surface area (Å²) in [6.45, 7) is 3.30. The van der Waals surface area contributed by atoms with Gasteiger partial charge in [0.2, 0.25) is 0 Å². The van der Waals surface area contributed by atoms with Crippen LogP contribution in [0.5, 0.6) is 5.75 Å². The van der Waals surface area contributed by atoms with Crippen LogP contribution in [0.25, 0.3) is 0 Å². The van der Waals surface area contributed by atoms with E-state index >= 15 is 0 Å². The van der Waals surface area contributed by atoms with E-state index in [-0.39, 0.29) is 0 Å². The molecular weight excluding hydrogens is 387 g/mol. The van der Waals surface area contributed by atoms with Gasteiger partial charge in [-0.15, -0.1) is 0 Å². The molecule has 0 unspecified atom stereocenters. The second-order valence-electron chi connectivity index (χ2n) is 4.87. The molecule has 0 aliphatic carbocycles. The second-order valence-corrected chi connectivity index (χ2v) is 6.12. The molecule has 0 saturated heterocycles. The van der Waals surface area contributed by atoms with E-state index in [4.69, 9.17) is 44.3 Å². The summed E-state index contributed by atoms with van der Waals surface area (Å²) in [6, 6.07) is 9.93. The predicted molar refractivity (Wildman–Crippen MR) is 101 cm³/mol. The van der Waals surface area contributed by atoms with Crippen molar-refractivity contribution in [3.63, 3.8) is 0 Å². The van der Waals surface area contributed by atoms with Crippen molar-refractivity contribution in [3.8, 4) is 5.75 Å². The van der Waals surface area contributed by atoms with Gasteiger partial charge in [-0.05, 0) is 31.2 Å². The maximum Gasteiger partial charge on any atom is 0.273 e. The number of anilines is 1. The van der Waals surface area contributed by atoms with Crippen LogP contribution in [0.1, 0.15) is 17.3 Å². The van der Waals surface area contributed by atoms with Crippen molar-refractivity contribution in [2.45, 2.75) is 6.92 Å². The summed E-state index contributed by atoms with van der Waals surface area (Å²) < 4.78 is 10.8. The largest absolute Gasteiger partial charge is 0.490 e. The van der Waals surface area contributed by atoms with Crippen molar-refractivity contribution >= 4 is 46.4 Å². The molecule has 0 bridgehead atoms. The minimum atomic E-state index is -0.394. The SMILES string of the molecule is CCOCCOc1ccccc1C(=O)NNc1c(Cl)cc(Cl)cc1Cl. The van der Waals surface area contributed by atoms with E-state index < -0.39 is 5.91 Å². The van der Waals surface area contributed by atoms with Crippen LogP contribution in [0, 0.1) is 0 Å². The second kappa shape index (κ2) is 9.73. The number of hydrogen-bond donors (Lipinski definition) is 2. The molecule has 2 aromatic rings. The quantitative estimate of drug-likeness (QED) is 0.490. The smallest absolute Gasteiger partial charge is 0.273 e. The Morgan fingerprint density at radius 2 is 1.76 bits per heavy atom. The van der Waals surface area contributed by atoms with Gasteiger partial charge >= 0.3 is 0 Å². The number of nitrogens with one attached hydrogen (secondary N) is 2. The fourth-order valence-electron chi connectivity index (χ4n) is 1.98. The van der Waals surface area contributed by atoms with Gasteiger partial charge in [0.15, 0.2) is 0 Å². The lowest BCUT2D eigenvalue weighted by atomic mass is 10.2. The molecular formula is C17H17Cl3N2O3. The van der Waals surface area contributed by atoms with Gasteiger partial charge in [0.25, 0.3) is 5.91 Å². The molecule has 0 heterocycles. The lowest BCUT2D eigenvalue weighted by molar-refractivity contribution is 0.0945. The molecule has 0 saturated carbocycles. The molecule has 0 aliphatic heterocycles. The van der Waals surface area contributed by atoms with E-state index in [1.54, 1.807) is 24.3 Å². The lowest BCUT2D eigenvalue weighted by Crippen LogP contribution is -2.30. The highest BCUT2D eigenvalue weighted by atomic mass is 35.5. The minimum Gasteiger partial charge on any atom is -0.490 e. The molecule has 0 spiro atoms. The highest BCUT2D eigenvalue weighted by Gasteiger charge is 2.14. The molecule has 2 N–H and O–H groups in total. The predicted octanol–water partition coefficient (Wildman–Crippen LogP) is 4.82. The first-order valence-electron chi connectivity index (χ1n) is 7.53. The monoisotopic (exact) mass is 402 g/mol. The third-order valence-electron chi connectivity index (χ3n) is 3.13. The molecule has 0 fully saturated rings. The first-order chi connectivity index (χ1) is 12.0. The van der Waals surface area contributed by atoms with Crippen molar-refractivity contribution in [3.05, 3.63) is 57.0 Å². The Bertz CT molecular complexity index is 718. The van der Waals surface area contributed by atoms with E-state index in [1.807, 2.05) is 6.92 Å². The van der Waals surface area contributed by atoms with E-state index in [0.717, 1.165) is 0 Å². The Morgan fingerprint density at radius 1 is 1.08 bits per heavy atom. The number of ether oxygens (including phenoxy) is 2. The van der Waals surface area contributed by atoms with Gasteiger partial charge in [-0.25, -0.2) is 0 Å². The Balaban J connectivity index is 2.04. The summed E-state index contributed by atoms with van der Waals surface area (Å²) in [7, 11) is 0. The average molecular weight is 404 g/mol. The minimum absolute atomic E-state index is 0.291. The summed E-state index contributed by atoms with van der Waals surface area (Å²) in [6.07, 6.45) is 0. The summed E-state index contributed by atoms with van der Waals surface area (Å²) in [5.74, 6) is 0.0592. The number of amides is 1. The number of carbonyl (C=O) groups is 1. The Kier molecular flexibility index (Phi) is 7.65. The Morgan fingerprint density at radius 3 is 2.44 bits per heavy atom. The van der Waals surface area contributed by atoms with E-state index in [0.29, 0.717) is 51.9 Å². The molecule has 2 rings (SSSR count). The third kappa shape index (κ3) is 5.68. The normalized spacial score (nSPS) is 10.4. The van der Waals surface area contributed by atoms with Gasteiger partial charge in [0.1, 0.15) is 12.4 Å². The number of benzene rings is 2. The van der Waals surface area contributed by atoms with Crippen molar-refractivity contribution in [1.29, 1.82) is 0 Å². The Labute approximate surface area is 161 Å². The molecule has 25 heavy (non-hydrogen) atoms. The van der Waals surface area contributed by atoms with E-state index in [1.165, 1.54) is 12.1 Å². The number of rotatable bonds is 8. The van der Waals surface area contributed by atoms with Crippen LogP contribution in [0.4, 0.5) is 5.69 Å². The summed E-state index contributed by atoms with van der Waals surface area (Å²) in [4.78, 5) is 12.4. The van der Waals surface area contributed by atoms with Crippen molar-refractivity contribution in [1.82, 2.24) is 5.43 Å². The summed E-state index contributed by atoms with van der Waals surface area (Å²) in [5, 5.41) is 0.984. The highest BCUT2D eigenvalue weighted by molar-refractivity contribution is 6.41. The average Bonchev–Trinajstić information content (AvgIpc) is 2.58.